The van der Waals surface area contributed by atoms with Crippen molar-refractivity contribution in [1.29, 1.82) is 0 Å². The van der Waals surface area contributed by atoms with Gasteiger partial charge >= 0.3 is 0 Å². The van der Waals surface area contributed by atoms with Gasteiger partial charge in [0.25, 0.3) is 5.91 Å². The number of halogens is 4. The number of hydrogen-bond acceptors (Lipinski definition) is 4. The van der Waals surface area contributed by atoms with Gasteiger partial charge in [0.05, 0.1) is 41.7 Å². The maximum absolute atomic E-state index is 14.6. The summed E-state index contributed by atoms with van der Waals surface area (Å²) >= 11 is 12.8. The number of rotatable bonds is 8. The van der Waals surface area contributed by atoms with E-state index in [1.807, 2.05) is 23.1 Å². The lowest BCUT2D eigenvalue weighted by Crippen LogP contribution is -2.48. The van der Waals surface area contributed by atoms with E-state index in [-0.39, 0.29) is 36.2 Å². The summed E-state index contributed by atoms with van der Waals surface area (Å²) < 4.78 is 28.5. The third-order valence-corrected chi connectivity index (χ3v) is 7.01. The zero-order valence-corrected chi connectivity index (χ0v) is 22.0. The van der Waals surface area contributed by atoms with Crippen molar-refractivity contribution in [3.63, 3.8) is 0 Å². The number of alkyl halides is 1. The van der Waals surface area contributed by atoms with Crippen LogP contribution in [0.1, 0.15) is 22.8 Å². The fourth-order valence-corrected chi connectivity index (χ4v) is 4.68. The Bertz CT molecular complexity index is 1320. The minimum atomic E-state index is -0.949. The Kier molecular flexibility index (Phi) is 8.07. The zero-order valence-electron chi connectivity index (χ0n) is 20.4. The second-order valence-electron chi connectivity index (χ2n) is 9.06. The molecule has 0 bridgehead atoms. The molecule has 4 rings (SSSR count). The largest absolute Gasteiger partial charge is 0.394 e. The van der Waals surface area contributed by atoms with E-state index in [1.165, 1.54) is 12.1 Å². The van der Waals surface area contributed by atoms with Gasteiger partial charge in [0.2, 0.25) is 0 Å². The van der Waals surface area contributed by atoms with E-state index in [9.17, 15) is 18.7 Å². The Labute approximate surface area is 224 Å². The van der Waals surface area contributed by atoms with E-state index in [1.54, 1.807) is 43.1 Å². The van der Waals surface area contributed by atoms with Crippen LogP contribution < -0.4 is 15.1 Å². The maximum atomic E-state index is 14.6. The number of aliphatic hydroxyl groups excluding tert-OH is 1. The SMILES string of the molecule is C=C(c1c(F)cccc1Cl)N(C)c1ccc(-c2cc(C(=O)N[C@@H](C)CO)ccc2Cl)cc1N1CC(F)C1. The van der Waals surface area contributed by atoms with E-state index in [2.05, 4.69) is 11.9 Å². The Morgan fingerprint density at radius 2 is 1.92 bits per heavy atom. The molecule has 3 aromatic rings. The summed E-state index contributed by atoms with van der Waals surface area (Å²) in [6.07, 6.45) is -0.949. The van der Waals surface area contributed by atoms with E-state index in [4.69, 9.17) is 23.2 Å². The van der Waals surface area contributed by atoms with Gasteiger partial charge in [-0.2, -0.15) is 0 Å². The normalized spacial score (nSPS) is 14.2. The number of carbonyl (C=O) groups excluding carboxylic acids is 1. The Morgan fingerprint density at radius 3 is 2.57 bits per heavy atom. The number of anilines is 2. The molecule has 1 heterocycles. The van der Waals surface area contributed by atoms with Crippen LogP contribution in [-0.4, -0.2) is 50.0 Å². The van der Waals surface area contributed by atoms with Gasteiger partial charge in [-0.3, -0.25) is 4.79 Å². The average molecular weight is 546 g/mol. The lowest BCUT2D eigenvalue weighted by Gasteiger charge is -2.39. The highest BCUT2D eigenvalue weighted by molar-refractivity contribution is 6.33. The van der Waals surface area contributed by atoms with Crippen molar-refractivity contribution in [3.05, 3.63) is 88.2 Å². The Balaban J connectivity index is 1.74. The number of carbonyl (C=O) groups is 1. The molecule has 0 spiro atoms. The molecule has 3 aromatic carbocycles. The van der Waals surface area contributed by atoms with Crippen LogP contribution in [0.2, 0.25) is 10.0 Å². The van der Waals surface area contributed by atoms with Crippen LogP contribution >= 0.6 is 23.2 Å². The lowest BCUT2D eigenvalue weighted by molar-refractivity contribution is 0.0922. The van der Waals surface area contributed by atoms with Gasteiger partial charge in [-0.15, -0.1) is 0 Å². The van der Waals surface area contributed by atoms with Crippen molar-refractivity contribution in [3.8, 4) is 11.1 Å². The molecule has 0 saturated carbocycles. The van der Waals surface area contributed by atoms with Crippen LogP contribution in [-0.2, 0) is 0 Å². The van der Waals surface area contributed by atoms with E-state index in [0.29, 0.717) is 33.2 Å². The summed E-state index contributed by atoms with van der Waals surface area (Å²) in [4.78, 5) is 16.2. The Hall–Kier alpha value is -3.13. The maximum Gasteiger partial charge on any atom is 0.251 e. The zero-order chi connectivity index (χ0) is 26.9. The molecule has 1 aliphatic rings. The van der Waals surface area contributed by atoms with Crippen molar-refractivity contribution in [2.75, 3.05) is 36.5 Å². The first-order valence-corrected chi connectivity index (χ1v) is 12.5. The fraction of sp³-hybridized carbons (Fsp3) is 0.250. The van der Waals surface area contributed by atoms with Gasteiger partial charge in [-0.25, -0.2) is 8.78 Å². The van der Waals surface area contributed by atoms with Crippen LogP contribution in [0, 0.1) is 5.82 Å². The molecule has 0 aliphatic carbocycles. The van der Waals surface area contributed by atoms with Gasteiger partial charge in [-0.1, -0.05) is 41.9 Å². The number of hydrogen-bond donors (Lipinski definition) is 2. The molecule has 2 N–H and O–H groups in total. The predicted octanol–water partition coefficient (Wildman–Crippen LogP) is 6.18. The monoisotopic (exact) mass is 545 g/mol. The smallest absolute Gasteiger partial charge is 0.251 e. The van der Waals surface area contributed by atoms with Crippen LogP contribution in [0.4, 0.5) is 20.2 Å². The summed E-state index contributed by atoms with van der Waals surface area (Å²) in [6.45, 7) is 6.01. The number of amides is 1. The van der Waals surface area contributed by atoms with Gasteiger partial charge in [0.1, 0.15) is 12.0 Å². The molecular formula is C28H27Cl2F2N3O2. The van der Waals surface area contributed by atoms with Crippen molar-refractivity contribution >= 4 is 46.2 Å². The van der Waals surface area contributed by atoms with Crippen molar-refractivity contribution in [2.24, 2.45) is 0 Å². The fourth-order valence-electron chi connectivity index (χ4n) is 4.18. The van der Waals surface area contributed by atoms with E-state index >= 15 is 0 Å². The predicted molar refractivity (Wildman–Crippen MR) is 147 cm³/mol. The van der Waals surface area contributed by atoms with Crippen molar-refractivity contribution < 1.29 is 18.7 Å². The van der Waals surface area contributed by atoms with E-state index < -0.39 is 18.0 Å². The minimum absolute atomic E-state index is 0.181. The highest BCUT2D eigenvalue weighted by Crippen LogP contribution is 2.41. The first-order chi connectivity index (χ1) is 17.6. The molecule has 5 nitrogen and oxygen atoms in total. The molecule has 37 heavy (non-hydrogen) atoms. The van der Waals surface area contributed by atoms with E-state index in [0.717, 1.165) is 5.56 Å². The summed E-state index contributed by atoms with van der Waals surface area (Å²) in [5.41, 5.74) is 3.66. The summed E-state index contributed by atoms with van der Waals surface area (Å²) in [7, 11) is 1.75. The van der Waals surface area contributed by atoms with Gasteiger partial charge < -0.3 is 20.2 Å². The number of nitrogens with zero attached hydrogens (tertiary/aromatic N) is 2. The summed E-state index contributed by atoms with van der Waals surface area (Å²) in [5, 5.41) is 12.6. The standard InChI is InChI=1S/C28H27Cl2F2N3O2/c1-16(15-36)33-28(37)19-7-9-22(29)21(11-19)18-8-10-25(26(12-18)35-13-20(31)14-35)34(3)17(2)27-23(30)5-4-6-24(27)32/h4-12,16,20,36H,2,13-15H2,1,3H3,(H,33,37)/t16-/m0/s1. The number of aliphatic hydroxyl groups is 1. The third-order valence-electron chi connectivity index (χ3n) is 6.36. The highest BCUT2D eigenvalue weighted by Gasteiger charge is 2.30. The first-order valence-electron chi connectivity index (χ1n) is 11.7. The molecule has 1 fully saturated rings. The second-order valence-corrected chi connectivity index (χ2v) is 9.87. The van der Waals surface area contributed by atoms with Gasteiger partial charge in [0, 0.05) is 34.9 Å². The van der Waals surface area contributed by atoms with Crippen LogP contribution in [0.5, 0.6) is 0 Å². The molecule has 0 unspecified atom stereocenters. The van der Waals surface area contributed by atoms with Crippen molar-refractivity contribution in [1.82, 2.24) is 5.32 Å². The molecule has 1 aliphatic heterocycles. The third kappa shape index (κ3) is 5.59. The molecule has 194 valence electrons. The second kappa shape index (κ2) is 11.1. The van der Waals surface area contributed by atoms with Crippen LogP contribution in [0.15, 0.2) is 61.2 Å². The highest BCUT2D eigenvalue weighted by atomic mass is 35.5. The van der Waals surface area contributed by atoms with Gasteiger partial charge in [0.15, 0.2) is 0 Å². The molecule has 1 saturated heterocycles. The Morgan fingerprint density at radius 1 is 1.19 bits per heavy atom. The van der Waals surface area contributed by atoms with Crippen molar-refractivity contribution in [2.45, 2.75) is 19.1 Å². The first kappa shape index (κ1) is 26.9. The summed E-state index contributed by atoms with van der Waals surface area (Å²) in [6, 6.07) is 14.5. The molecule has 1 amide bonds. The average Bonchev–Trinajstić information content (AvgIpc) is 2.86. The molecular weight excluding hydrogens is 519 g/mol. The number of benzene rings is 3. The quantitative estimate of drug-likeness (QED) is 0.355. The van der Waals surface area contributed by atoms with Gasteiger partial charge in [-0.05, 0) is 55.0 Å². The number of nitrogens with one attached hydrogen (secondary N) is 1. The minimum Gasteiger partial charge on any atom is -0.394 e. The topological polar surface area (TPSA) is 55.8 Å². The van der Waals surface area contributed by atoms with Crippen LogP contribution in [0.3, 0.4) is 0 Å². The van der Waals surface area contributed by atoms with Crippen LogP contribution in [0.25, 0.3) is 16.8 Å². The molecule has 0 aromatic heterocycles. The molecule has 9 heteroatoms. The summed E-state index contributed by atoms with van der Waals surface area (Å²) in [5.74, 6) is -0.829. The lowest BCUT2D eigenvalue weighted by atomic mass is 9.99. The molecule has 0 radical (unpaired) electrons. The molecule has 1 atom stereocenters.